The molecule has 0 fully saturated rings. The molecule has 280 valence electrons. The molecule has 2 amide bonds. The Hall–Kier alpha value is -4.84. The zero-order chi connectivity index (χ0) is 37.7. The summed E-state index contributed by atoms with van der Waals surface area (Å²) in [6, 6.07) is 34.9. The zero-order valence-electron chi connectivity index (χ0n) is 28.2. The Morgan fingerprint density at radius 1 is 0.481 bits per heavy atom. The summed E-state index contributed by atoms with van der Waals surface area (Å²) in [5.41, 5.74) is 3.41. The van der Waals surface area contributed by atoms with Gasteiger partial charge in [-0.05, 0) is 22.3 Å². The molecule has 0 aromatic heterocycles. The highest BCUT2D eigenvalue weighted by Crippen LogP contribution is 2.06. The van der Waals surface area contributed by atoms with Gasteiger partial charge in [-0.25, -0.2) is 9.59 Å². The van der Waals surface area contributed by atoms with Crippen molar-refractivity contribution in [1.29, 1.82) is 0 Å². The van der Waals surface area contributed by atoms with Crippen molar-refractivity contribution < 1.29 is 54.5 Å². The molecule has 0 radical (unpaired) electrons. The van der Waals surface area contributed by atoms with Gasteiger partial charge in [0.1, 0.15) is 13.2 Å². The molecule has 0 spiro atoms. The summed E-state index contributed by atoms with van der Waals surface area (Å²) in [6.07, 6.45) is -1.57. The van der Waals surface area contributed by atoms with Crippen LogP contribution in [0.3, 0.4) is 0 Å². The van der Waals surface area contributed by atoms with E-state index < -0.39 is 56.0 Å². The molecule has 4 aromatic carbocycles. The van der Waals surface area contributed by atoms with E-state index in [0.29, 0.717) is 0 Å². The first-order valence-electron chi connectivity index (χ1n) is 15.9. The van der Waals surface area contributed by atoms with Crippen LogP contribution in [0.2, 0.25) is 0 Å². The van der Waals surface area contributed by atoms with Crippen molar-refractivity contribution in [1.82, 2.24) is 10.6 Å². The van der Waals surface area contributed by atoms with Gasteiger partial charge in [0.2, 0.25) is 0 Å². The van der Waals surface area contributed by atoms with Gasteiger partial charge in [0.25, 0.3) is 20.2 Å². The molecule has 4 rings (SSSR count). The Bertz CT molecular complexity index is 1700. The smallest absolute Gasteiger partial charge is 0.407 e. The van der Waals surface area contributed by atoms with E-state index in [-0.39, 0.29) is 39.6 Å². The molecule has 0 bridgehead atoms. The van der Waals surface area contributed by atoms with Crippen LogP contribution in [0.25, 0.3) is 0 Å². The van der Waals surface area contributed by atoms with Crippen molar-refractivity contribution in [2.24, 2.45) is 0 Å². The topological polar surface area (TPSA) is 204 Å². The van der Waals surface area contributed by atoms with E-state index in [1.807, 2.05) is 97.1 Å². The normalized spacial score (nSPS) is 12.3. The maximum Gasteiger partial charge on any atom is 0.407 e. The lowest BCUT2D eigenvalue weighted by molar-refractivity contribution is 0.0928. The molecule has 0 saturated carbocycles. The number of benzene rings is 4. The van der Waals surface area contributed by atoms with E-state index >= 15 is 0 Å². The Kier molecular flexibility index (Phi) is 17.7. The molecule has 0 heterocycles. The first-order valence-corrected chi connectivity index (χ1v) is 19.1. The predicted octanol–water partition coefficient (Wildman–Crippen LogP) is 4.77. The van der Waals surface area contributed by atoms with Crippen LogP contribution >= 0.6 is 0 Å². The molecule has 52 heavy (non-hydrogen) atoms. The highest BCUT2D eigenvalue weighted by Gasteiger charge is 2.21. The van der Waals surface area contributed by atoms with E-state index in [2.05, 4.69) is 10.6 Å². The van der Waals surface area contributed by atoms with Crippen LogP contribution in [0, 0.1) is 0 Å². The fraction of sp³-hybridized carbons (Fsp3) is 0.278. The third kappa shape index (κ3) is 19.5. The van der Waals surface area contributed by atoms with Crippen LogP contribution in [0.5, 0.6) is 0 Å². The van der Waals surface area contributed by atoms with Crippen molar-refractivity contribution in [3.63, 3.8) is 0 Å². The lowest BCUT2D eigenvalue weighted by Crippen LogP contribution is -2.43. The van der Waals surface area contributed by atoms with Crippen molar-refractivity contribution in [3.8, 4) is 0 Å². The van der Waals surface area contributed by atoms with E-state index in [1.165, 1.54) is 0 Å². The minimum Gasteiger partial charge on any atom is -0.445 e. The maximum absolute atomic E-state index is 11.9. The second kappa shape index (κ2) is 22.2. The van der Waals surface area contributed by atoms with Gasteiger partial charge in [-0.2, -0.15) is 16.8 Å². The Balaban J connectivity index is 0.000000280. The number of alkyl carbamates (subject to hydrolysis) is 2. The predicted molar refractivity (Wildman–Crippen MR) is 192 cm³/mol. The van der Waals surface area contributed by atoms with Gasteiger partial charge < -0.3 is 29.6 Å². The van der Waals surface area contributed by atoms with Crippen molar-refractivity contribution >= 4 is 32.4 Å². The number of nitrogens with one attached hydrogen (secondary N) is 2. The van der Waals surface area contributed by atoms with Crippen LogP contribution in [-0.2, 0) is 65.6 Å². The highest BCUT2D eigenvalue weighted by atomic mass is 32.2. The van der Waals surface area contributed by atoms with E-state index in [0.717, 1.165) is 22.3 Å². The van der Waals surface area contributed by atoms with Gasteiger partial charge in [0, 0.05) is 0 Å². The van der Waals surface area contributed by atoms with Crippen molar-refractivity contribution in [3.05, 3.63) is 144 Å². The number of ether oxygens (including phenoxy) is 4. The molecule has 0 aliphatic carbocycles. The molecule has 2 atom stereocenters. The summed E-state index contributed by atoms with van der Waals surface area (Å²) < 4.78 is 83.7. The molecule has 0 unspecified atom stereocenters. The Morgan fingerprint density at radius 3 is 1.02 bits per heavy atom. The van der Waals surface area contributed by atoms with Crippen LogP contribution in [-0.4, -0.2) is 74.9 Å². The van der Waals surface area contributed by atoms with Gasteiger partial charge in [-0.15, -0.1) is 0 Å². The Morgan fingerprint density at radius 2 is 0.750 bits per heavy atom. The number of hydrogen-bond acceptors (Lipinski definition) is 10. The van der Waals surface area contributed by atoms with Gasteiger partial charge in [0.15, 0.2) is 0 Å². The lowest BCUT2D eigenvalue weighted by Gasteiger charge is -2.17. The fourth-order valence-corrected chi connectivity index (χ4v) is 5.80. The average molecular weight is 759 g/mol. The first-order chi connectivity index (χ1) is 24.8. The lowest BCUT2D eigenvalue weighted by atomic mass is 10.2. The van der Waals surface area contributed by atoms with Crippen LogP contribution in [0.1, 0.15) is 22.3 Å². The van der Waals surface area contributed by atoms with Crippen molar-refractivity contribution in [2.75, 3.05) is 24.7 Å². The van der Waals surface area contributed by atoms with Gasteiger partial charge >= 0.3 is 12.2 Å². The van der Waals surface area contributed by atoms with Crippen LogP contribution in [0.4, 0.5) is 9.59 Å². The average Bonchev–Trinajstić information content (AvgIpc) is 3.10. The molecule has 0 aliphatic rings. The summed E-state index contributed by atoms with van der Waals surface area (Å²) in [5, 5.41) is 4.81. The first kappa shape index (κ1) is 41.6. The third-order valence-corrected chi connectivity index (χ3v) is 8.40. The molecular formula is C36H42N2O12S2. The molecule has 16 heteroatoms. The fourth-order valence-electron chi connectivity index (χ4n) is 4.42. The van der Waals surface area contributed by atoms with Crippen LogP contribution < -0.4 is 10.6 Å². The summed E-state index contributed by atoms with van der Waals surface area (Å²) >= 11 is 0. The second-order valence-corrected chi connectivity index (χ2v) is 14.3. The second-order valence-electron chi connectivity index (χ2n) is 11.3. The van der Waals surface area contributed by atoms with E-state index in [1.54, 1.807) is 24.3 Å². The molecule has 0 aliphatic heterocycles. The number of rotatable bonds is 18. The minimum atomic E-state index is -4.28. The highest BCUT2D eigenvalue weighted by molar-refractivity contribution is 7.86. The van der Waals surface area contributed by atoms with Crippen LogP contribution in [0.15, 0.2) is 121 Å². The maximum atomic E-state index is 11.9. The quantitative estimate of drug-likeness (QED) is 0.101. The minimum absolute atomic E-state index is 0.0517. The third-order valence-electron chi connectivity index (χ3n) is 6.75. The number of carbonyl (C=O) groups is 2. The van der Waals surface area contributed by atoms with Crippen molar-refractivity contribution in [2.45, 2.75) is 38.5 Å². The standard InChI is InChI=1S/2C18H21NO6S/c2*20-18(25-12-16-9-5-2-6-10-16)19-17(14-26(21,22)23)13-24-11-15-7-3-1-4-8-15/h2*1-10,17H,11-14H2,(H,19,20)(H,21,22,23)/t2*17-/m00/s1. The summed E-state index contributed by atoms with van der Waals surface area (Å²) in [5.74, 6) is -1.33. The molecule has 14 nitrogen and oxygen atoms in total. The van der Waals surface area contributed by atoms with Gasteiger partial charge in [0.05, 0.1) is 50.0 Å². The molecule has 0 saturated heterocycles. The molecule has 4 N–H and O–H groups in total. The monoisotopic (exact) mass is 758 g/mol. The zero-order valence-corrected chi connectivity index (χ0v) is 29.8. The summed E-state index contributed by atoms with van der Waals surface area (Å²) in [7, 11) is -8.56. The SMILES string of the molecule is O=C(N[C@@H](COCc1ccccc1)CS(=O)(=O)O)OCc1ccccc1.O=C(N[C@@H](COCc1ccccc1)CS(=O)(=O)O)OCc1ccccc1. The molecule has 4 aromatic rings. The largest absolute Gasteiger partial charge is 0.445 e. The summed E-state index contributed by atoms with van der Waals surface area (Å²) in [4.78, 5) is 23.8. The summed E-state index contributed by atoms with van der Waals surface area (Å²) in [6.45, 7) is 0.434. The van der Waals surface area contributed by atoms with Gasteiger partial charge in [-0.3, -0.25) is 9.11 Å². The van der Waals surface area contributed by atoms with Gasteiger partial charge in [-0.1, -0.05) is 121 Å². The van der Waals surface area contributed by atoms with E-state index in [9.17, 15) is 26.4 Å². The number of hydrogen-bond donors (Lipinski definition) is 4. The molecular weight excluding hydrogens is 717 g/mol. The Labute approximate surface area is 303 Å². The number of amides is 2. The van der Waals surface area contributed by atoms with E-state index in [4.69, 9.17) is 28.1 Å². The number of carbonyl (C=O) groups excluding carboxylic acids is 2.